The van der Waals surface area contributed by atoms with Crippen LogP contribution in [-0.4, -0.2) is 24.6 Å². The van der Waals surface area contributed by atoms with Gasteiger partial charge < -0.3 is 16.2 Å². The zero-order valence-corrected chi connectivity index (χ0v) is 12.1. The normalized spacial score (nSPS) is 14.7. The van der Waals surface area contributed by atoms with Gasteiger partial charge in [-0.1, -0.05) is 30.3 Å². The van der Waals surface area contributed by atoms with Crippen LogP contribution >= 0.6 is 0 Å². The van der Waals surface area contributed by atoms with Gasteiger partial charge in [-0.15, -0.1) is 0 Å². The molecular weight excluding hydrogens is 262 g/mol. The summed E-state index contributed by atoms with van der Waals surface area (Å²) in [7, 11) is 0. The summed E-state index contributed by atoms with van der Waals surface area (Å²) in [5, 5.41) is 0. The standard InChI is InChI=1S/C17H21N3O/c18-15-6-3-7-16(17(15)19)21-11-10-20-9-8-13-4-1-2-5-14(13)12-20/h1-7H,8-12,18-19H2. The molecule has 21 heavy (non-hydrogen) atoms. The van der Waals surface area contributed by atoms with Crippen LogP contribution in [0.15, 0.2) is 42.5 Å². The zero-order chi connectivity index (χ0) is 14.7. The van der Waals surface area contributed by atoms with Gasteiger partial charge in [-0.3, -0.25) is 4.90 Å². The monoisotopic (exact) mass is 283 g/mol. The molecule has 0 fully saturated rings. The fraction of sp³-hybridized carbons (Fsp3) is 0.294. The lowest BCUT2D eigenvalue weighted by molar-refractivity contribution is 0.197. The molecule has 2 aromatic rings. The van der Waals surface area contributed by atoms with Crippen molar-refractivity contribution in [2.45, 2.75) is 13.0 Å². The molecule has 3 rings (SSSR count). The lowest BCUT2D eigenvalue weighted by Crippen LogP contribution is -2.33. The van der Waals surface area contributed by atoms with Crippen molar-refractivity contribution < 1.29 is 4.74 Å². The van der Waals surface area contributed by atoms with E-state index in [-0.39, 0.29) is 0 Å². The van der Waals surface area contributed by atoms with E-state index in [1.807, 2.05) is 12.1 Å². The van der Waals surface area contributed by atoms with Gasteiger partial charge in [0.2, 0.25) is 0 Å². The van der Waals surface area contributed by atoms with E-state index in [4.69, 9.17) is 16.2 Å². The molecule has 1 aliphatic heterocycles. The maximum absolute atomic E-state index is 5.90. The number of hydrogen-bond donors (Lipinski definition) is 2. The van der Waals surface area contributed by atoms with Crippen LogP contribution in [0.3, 0.4) is 0 Å². The van der Waals surface area contributed by atoms with E-state index in [1.165, 1.54) is 11.1 Å². The van der Waals surface area contributed by atoms with Crippen LogP contribution < -0.4 is 16.2 Å². The molecule has 4 nitrogen and oxygen atoms in total. The molecular formula is C17H21N3O. The van der Waals surface area contributed by atoms with Crippen LogP contribution in [0.2, 0.25) is 0 Å². The third-order valence-corrected chi connectivity index (χ3v) is 3.97. The fourth-order valence-corrected chi connectivity index (χ4v) is 2.72. The average molecular weight is 283 g/mol. The Hall–Kier alpha value is -2.20. The molecule has 0 aromatic heterocycles. The number of fused-ring (bicyclic) bond motifs is 1. The van der Waals surface area contributed by atoms with Gasteiger partial charge >= 0.3 is 0 Å². The van der Waals surface area contributed by atoms with E-state index in [2.05, 4.69) is 29.2 Å². The predicted molar refractivity (Wildman–Crippen MR) is 86.2 cm³/mol. The number of benzene rings is 2. The number of nitrogens with zero attached hydrogens (tertiary/aromatic N) is 1. The lowest BCUT2D eigenvalue weighted by Gasteiger charge is -2.28. The second-order valence-corrected chi connectivity index (χ2v) is 5.40. The molecule has 0 saturated heterocycles. The van der Waals surface area contributed by atoms with Crippen molar-refractivity contribution in [2.24, 2.45) is 0 Å². The molecule has 0 amide bonds. The van der Waals surface area contributed by atoms with Crippen LogP contribution in [0.1, 0.15) is 11.1 Å². The Labute approximate surface area is 125 Å². The minimum atomic E-state index is 0.529. The summed E-state index contributed by atoms with van der Waals surface area (Å²) in [4.78, 5) is 2.41. The summed E-state index contributed by atoms with van der Waals surface area (Å²) in [5.74, 6) is 0.674. The van der Waals surface area contributed by atoms with Gasteiger partial charge in [0.25, 0.3) is 0 Å². The van der Waals surface area contributed by atoms with Crippen molar-refractivity contribution in [2.75, 3.05) is 31.2 Å². The summed E-state index contributed by atoms with van der Waals surface area (Å²) in [6.07, 6.45) is 1.11. The van der Waals surface area contributed by atoms with E-state index >= 15 is 0 Å². The van der Waals surface area contributed by atoms with E-state index in [0.717, 1.165) is 26.1 Å². The van der Waals surface area contributed by atoms with Crippen LogP contribution in [0.4, 0.5) is 11.4 Å². The van der Waals surface area contributed by atoms with Crippen LogP contribution in [0.25, 0.3) is 0 Å². The number of rotatable bonds is 4. The van der Waals surface area contributed by atoms with E-state index < -0.39 is 0 Å². The summed E-state index contributed by atoms with van der Waals surface area (Å²) >= 11 is 0. The number of anilines is 2. The number of hydrogen-bond acceptors (Lipinski definition) is 4. The van der Waals surface area contributed by atoms with Gasteiger partial charge in [-0.25, -0.2) is 0 Å². The zero-order valence-electron chi connectivity index (χ0n) is 12.1. The molecule has 0 saturated carbocycles. The van der Waals surface area contributed by atoms with Gasteiger partial charge in [0, 0.05) is 19.6 Å². The first-order valence-corrected chi connectivity index (χ1v) is 7.30. The van der Waals surface area contributed by atoms with Gasteiger partial charge in [0.05, 0.1) is 11.4 Å². The third kappa shape index (κ3) is 3.11. The van der Waals surface area contributed by atoms with Crippen LogP contribution in [0.5, 0.6) is 5.75 Å². The molecule has 0 aliphatic carbocycles. The molecule has 0 bridgehead atoms. The molecule has 4 N–H and O–H groups in total. The number of ether oxygens (including phenoxy) is 1. The topological polar surface area (TPSA) is 64.5 Å². The Kier molecular flexibility index (Phi) is 3.97. The number of nitrogens with two attached hydrogens (primary N) is 2. The minimum Gasteiger partial charge on any atom is -0.490 e. The molecule has 0 spiro atoms. The van der Waals surface area contributed by atoms with Crippen molar-refractivity contribution in [1.82, 2.24) is 4.90 Å². The Morgan fingerprint density at radius 2 is 1.81 bits per heavy atom. The minimum absolute atomic E-state index is 0.529. The van der Waals surface area contributed by atoms with Crippen molar-refractivity contribution in [3.8, 4) is 5.75 Å². The maximum atomic E-state index is 5.90. The van der Waals surface area contributed by atoms with Gasteiger partial charge in [-0.2, -0.15) is 0 Å². The Balaban J connectivity index is 1.54. The predicted octanol–water partition coefficient (Wildman–Crippen LogP) is 2.29. The van der Waals surface area contributed by atoms with Crippen molar-refractivity contribution >= 4 is 11.4 Å². The van der Waals surface area contributed by atoms with Crippen LogP contribution in [-0.2, 0) is 13.0 Å². The fourth-order valence-electron chi connectivity index (χ4n) is 2.72. The molecule has 0 radical (unpaired) electrons. The van der Waals surface area contributed by atoms with Crippen molar-refractivity contribution in [1.29, 1.82) is 0 Å². The van der Waals surface area contributed by atoms with Crippen molar-refractivity contribution in [3.63, 3.8) is 0 Å². The first kappa shape index (κ1) is 13.8. The lowest BCUT2D eigenvalue weighted by atomic mass is 10.0. The highest BCUT2D eigenvalue weighted by molar-refractivity contribution is 5.70. The Morgan fingerprint density at radius 3 is 2.67 bits per heavy atom. The third-order valence-electron chi connectivity index (χ3n) is 3.97. The highest BCUT2D eigenvalue weighted by Gasteiger charge is 2.15. The number of nitrogen functional groups attached to an aromatic ring is 2. The van der Waals surface area contributed by atoms with Gasteiger partial charge in [0.1, 0.15) is 12.4 Å². The van der Waals surface area contributed by atoms with Crippen molar-refractivity contribution in [3.05, 3.63) is 53.6 Å². The maximum Gasteiger partial charge on any atom is 0.144 e. The largest absolute Gasteiger partial charge is 0.490 e. The Bertz CT molecular complexity index is 627. The van der Waals surface area contributed by atoms with Crippen LogP contribution in [0, 0.1) is 0 Å². The first-order valence-electron chi connectivity index (χ1n) is 7.30. The second-order valence-electron chi connectivity index (χ2n) is 5.40. The highest BCUT2D eigenvalue weighted by Crippen LogP contribution is 2.26. The summed E-state index contributed by atoms with van der Waals surface area (Å²) in [5.41, 5.74) is 15.7. The summed E-state index contributed by atoms with van der Waals surface area (Å²) in [6, 6.07) is 14.1. The molecule has 0 unspecified atom stereocenters. The molecule has 2 aromatic carbocycles. The molecule has 4 heteroatoms. The highest BCUT2D eigenvalue weighted by atomic mass is 16.5. The van der Waals surface area contributed by atoms with E-state index in [9.17, 15) is 0 Å². The van der Waals surface area contributed by atoms with E-state index in [1.54, 1.807) is 6.07 Å². The van der Waals surface area contributed by atoms with E-state index in [0.29, 0.717) is 23.7 Å². The van der Waals surface area contributed by atoms with Gasteiger partial charge in [-0.05, 0) is 29.7 Å². The second kappa shape index (κ2) is 6.06. The SMILES string of the molecule is Nc1cccc(OCCN2CCc3ccccc3C2)c1N. The smallest absolute Gasteiger partial charge is 0.144 e. The quantitative estimate of drug-likeness (QED) is 0.845. The first-order chi connectivity index (χ1) is 10.2. The summed E-state index contributed by atoms with van der Waals surface area (Å²) < 4.78 is 5.76. The average Bonchev–Trinajstić information content (AvgIpc) is 2.51. The molecule has 0 atom stereocenters. The van der Waals surface area contributed by atoms with Gasteiger partial charge in [0.15, 0.2) is 0 Å². The summed E-state index contributed by atoms with van der Waals surface area (Å²) in [6.45, 7) is 3.58. The molecule has 1 aliphatic rings. The number of para-hydroxylation sites is 1. The Morgan fingerprint density at radius 1 is 1.00 bits per heavy atom. The molecule has 110 valence electrons. The molecule has 1 heterocycles.